The van der Waals surface area contributed by atoms with Crippen molar-refractivity contribution in [1.29, 1.82) is 0 Å². The van der Waals surface area contributed by atoms with Crippen LogP contribution in [0.2, 0.25) is 0 Å². The van der Waals surface area contributed by atoms with Crippen molar-refractivity contribution in [2.45, 2.75) is 32.3 Å². The molecule has 2 fully saturated rings. The Bertz CT molecular complexity index is 673. The number of H-pyrrole nitrogens is 1. The molecule has 0 spiro atoms. The summed E-state index contributed by atoms with van der Waals surface area (Å²) in [6.07, 6.45) is 2.82. The Morgan fingerprint density at radius 2 is 2.00 bits per heavy atom. The molecule has 0 saturated carbocycles. The summed E-state index contributed by atoms with van der Waals surface area (Å²) in [5.41, 5.74) is 0.749. The van der Waals surface area contributed by atoms with Crippen molar-refractivity contribution in [3.8, 4) is 0 Å². The zero-order valence-corrected chi connectivity index (χ0v) is 13.8. The number of nitrogens with zero attached hydrogens (tertiary/aromatic N) is 3. The third-order valence-corrected chi connectivity index (χ3v) is 4.66. The van der Waals surface area contributed by atoms with Gasteiger partial charge in [-0.25, -0.2) is 4.98 Å². The van der Waals surface area contributed by atoms with E-state index in [2.05, 4.69) is 9.97 Å². The van der Waals surface area contributed by atoms with Crippen molar-refractivity contribution in [2.24, 2.45) is 0 Å². The highest BCUT2D eigenvalue weighted by molar-refractivity contribution is 5.82. The third kappa shape index (κ3) is 3.48. The number of aromatic nitrogens is 2. The van der Waals surface area contributed by atoms with Crippen LogP contribution in [0.1, 0.15) is 24.1 Å². The number of piperazine rings is 1. The van der Waals surface area contributed by atoms with Crippen LogP contribution in [0.15, 0.2) is 11.1 Å². The molecule has 130 valence electrons. The molecule has 8 nitrogen and oxygen atoms in total. The average Bonchev–Trinajstić information content (AvgIpc) is 3.13. The largest absolute Gasteiger partial charge is 0.368 e. The molecule has 0 aliphatic carbocycles. The lowest BCUT2D eigenvalue weighted by Crippen LogP contribution is -2.53. The van der Waals surface area contributed by atoms with Crippen LogP contribution < -0.4 is 5.56 Å². The summed E-state index contributed by atoms with van der Waals surface area (Å²) in [6.45, 7) is 4.35. The molecule has 1 atom stereocenters. The fourth-order valence-corrected chi connectivity index (χ4v) is 3.09. The van der Waals surface area contributed by atoms with Gasteiger partial charge in [0.1, 0.15) is 6.10 Å². The van der Waals surface area contributed by atoms with Crippen molar-refractivity contribution in [3.63, 3.8) is 0 Å². The molecule has 1 aromatic heterocycles. The van der Waals surface area contributed by atoms with Gasteiger partial charge in [-0.1, -0.05) is 0 Å². The molecule has 2 saturated heterocycles. The number of hydrogen-bond acceptors (Lipinski definition) is 5. The molecule has 8 heteroatoms. The monoisotopic (exact) mass is 334 g/mol. The molecule has 0 radical (unpaired) electrons. The Labute approximate surface area is 139 Å². The number of carbonyl (C=O) groups excluding carboxylic acids is 2. The highest BCUT2D eigenvalue weighted by atomic mass is 16.5. The predicted octanol–water partition coefficient (Wildman–Crippen LogP) is -0.529. The third-order valence-electron chi connectivity index (χ3n) is 4.66. The molecule has 3 heterocycles. The summed E-state index contributed by atoms with van der Waals surface area (Å²) in [5.74, 6) is -0.0351. The molecule has 0 aromatic carbocycles. The summed E-state index contributed by atoms with van der Waals surface area (Å²) in [6, 6.07) is 0. The standard InChI is InChI=1S/C16H22N4O4/c1-11-12(17-10-18-15(11)22)9-14(21)19-4-6-20(7-5-19)16(23)13-3-2-8-24-13/h10,13H,2-9H2,1H3,(H,17,18,22). The predicted molar refractivity (Wildman–Crippen MR) is 85.4 cm³/mol. The minimum atomic E-state index is -0.310. The first-order valence-corrected chi connectivity index (χ1v) is 8.27. The van der Waals surface area contributed by atoms with E-state index in [0.29, 0.717) is 44.0 Å². The van der Waals surface area contributed by atoms with Gasteiger partial charge in [0.2, 0.25) is 5.91 Å². The van der Waals surface area contributed by atoms with E-state index in [-0.39, 0.29) is 29.9 Å². The van der Waals surface area contributed by atoms with Crippen LogP contribution >= 0.6 is 0 Å². The van der Waals surface area contributed by atoms with Crippen LogP contribution in [0.4, 0.5) is 0 Å². The lowest BCUT2D eigenvalue weighted by molar-refractivity contribution is -0.145. The van der Waals surface area contributed by atoms with Crippen LogP contribution in [0.5, 0.6) is 0 Å². The van der Waals surface area contributed by atoms with E-state index in [4.69, 9.17) is 4.74 Å². The molecule has 0 bridgehead atoms. The van der Waals surface area contributed by atoms with E-state index in [0.717, 1.165) is 12.8 Å². The molecule has 2 amide bonds. The van der Waals surface area contributed by atoms with Crippen molar-refractivity contribution in [2.75, 3.05) is 32.8 Å². The van der Waals surface area contributed by atoms with Gasteiger partial charge >= 0.3 is 0 Å². The smallest absolute Gasteiger partial charge is 0.253 e. The van der Waals surface area contributed by atoms with E-state index in [1.807, 2.05) is 0 Å². The number of nitrogens with one attached hydrogen (secondary N) is 1. The van der Waals surface area contributed by atoms with Gasteiger partial charge in [0.15, 0.2) is 0 Å². The van der Waals surface area contributed by atoms with Crippen LogP contribution in [-0.2, 0) is 20.7 Å². The number of carbonyl (C=O) groups is 2. The van der Waals surface area contributed by atoms with Crippen molar-refractivity contribution >= 4 is 11.8 Å². The van der Waals surface area contributed by atoms with Crippen molar-refractivity contribution in [3.05, 3.63) is 27.9 Å². The SMILES string of the molecule is Cc1c(CC(=O)N2CCN(C(=O)C3CCCO3)CC2)nc[nH]c1=O. The maximum atomic E-state index is 12.4. The Balaban J connectivity index is 1.54. The lowest BCUT2D eigenvalue weighted by atomic mass is 10.1. The molecule has 1 N–H and O–H groups in total. The van der Waals surface area contributed by atoms with E-state index in [1.54, 1.807) is 16.7 Å². The number of ether oxygens (including phenoxy) is 1. The highest BCUT2D eigenvalue weighted by Crippen LogP contribution is 2.16. The molecule has 2 aliphatic rings. The maximum absolute atomic E-state index is 12.4. The number of aromatic amines is 1. The maximum Gasteiger partial charge on any atom is 0.253 e. The summed E-state index contributed by atoms with van der Waals surface area (Å²) in [5, 5.41) is 0. The van der Waals surface area contributed by atoms with E-state index in [9.17, 15) is 14.4 Å². The van der Waals surface area contributed by atoms with Gasteiger partial charge in [-0.15, -0.1) is 0 Å². The molecule has 24 heavy (non-hydrogen) atoms. The molecule has 1 aromatic rings. The fourth-order valence-electron chi connectivity index (χ4n) is 3.09. The molecular formula is C16H22N4O4. The first kappa shape index (κ1) is 16.6. The zero-order chi connectivity index (χ0) is 17.1. The lowest BCUT2D eigenvalue weighted by Gasteiger charge is -2.35. The van der Waals surface area contributed by atoms with Gasteiger partial charge in [0, 0.05) is 38.3 Å². The quantitative estimate of drug-likeness (QED) is 0.802. The van der Waals surface area contributed by atoms with Crippen molar-refractivity contribution in [1.82, 2.24) is 19.8 Å². The average molecular weight is 334 g/mol. The van der Waals surface area contributed by atoms with Crippen LogP contribution in [0.3, 0.4) is 0 Å². The minimum absolute atomic E-state index is 0.0340. The number of hydrogen-bond donors (Lipinski definition) is 1. The Kier molecular flexibility index (Phi) is 4.94. The van der Waals surface area contributed by atoms with E-state index in [1.165, 1.54) is 6.33 Å². The molecule has 1 unspecified atom stereocenters. The highest BCUT2D eigenvalue weighted by Gasteiger charge is 2.31. The van der Waals surface area contributed by atoms with Gasteiger partial charge in [0.25, 0.3) is 11.5 Å². The van der Waals surface area contributed by atoms with E-state index < -0.39 is 0 Å². The first-order valence-electron chi connectivity index (χ1n) is 8.27. The second-order valence-electron chi connectivity index (χ2n) is 6.19. The van der Waals surface area contributed by atoms with Gasteiger partial charge in [-0.3, -0.25) is 14.4 Å². The van der Waals surface area contributed by atoms with Gasteiger partial charge in [-0.2, -0.15) is 0 Å². The van der Waals surface area contributed by atoms with E-state index >= 15 is 0 Å². The van der Waals surface area contributed by atoms with Gasteiger partial charge in [-0.05, 0) is 19.8 Å². The topological polar surface area (TPSA) is 95.6 Å². The van der Waals surface area contributed by atoms with Crippen LogP contribution in [0.25, 0.3) is 0 Å². The number of amides is 2. The Morgan fingerprint density at radius 3 is 2.67 bits per heavy atom. The first-order chi connectivity index (χ1) is 11.6. The summed E-state index contributed by atoms with van der Waals surface area (Å²) in [7, 11) is 0. The zero-order valence-electron chi connectivity index (χ0n) is 13.8. The van der Waals surface area contributed by atoms with Crippen molar-refractivity contribution < 1.29 is 14.3 Å². The minimum Gasteiger partial charge on any atom is -0.368 e. The number of rotatable bonds is 3. The van der Waals surface area contributed by atoms with Crippen LogP contribution in [0, 0.1) is 6.92 Å². The van der Waals surface area contributed by atoms with Crippen LogP contribution in [-0.4, -0.2) is 70.5 Å². The summed E-state index contributed by atoms with van der Waals surface area (Å²) in [4.78, 5) is 46.3. The molecule has 3 rings (SSSR count). The summed E-state index contributed by atoms with van der Waals surface area (Å²) < 4.78 is 5.43. The normalized spacial score (nSPS) is 21.1. The molecular weight excluding hydrogens is 312 g/mol. The second kappa shape index (κ2) is 7.12. The van der Waals surface area contributed by atoms with Gasteiger partial charge < -0.3 is 19.5 Å². The Hall–Kier alpha value is -2.22. The Morgan fingerprint density at radius 1 is 1.29 bits per heavy atom. The fraction of sp³-hybridized carbons (Fsp3) is 0.625. The summed E-state index contributed by atoms with van der Waals surface area (Å²) >= 11 is 0. The molecule has 2 aliphatic heterocycles. The van der Waals surface area contributed by atoms with Gasteiger partial charge in [0.05, 0.1) is 18.4 Å². The second-order valence-corrected chi connectivity index (χ2v) is 6.19.